The van der Waals surface area contributed by atoms with Crippen LogP contribution in [0.5, 0.6) is 0 Å². The normalized spacial score (nSPS) is 25.6. The van der Waals surface area contributed by atoms with E-state index in [0.717, 1.165) is 38.4 Å². The fourth-order valence-corrected chi connectivity index (χ4v) is 2.48. The van der Waals surface area contributed by atoms with Gasteiger partial charge in [0, 0.05) is 19.0 Å². The third-order valence-corrected chi connectivity index (χ3v) is 3.39. The maximum absolute atomic E-state index is 5.58. The first-order chi connectivity index (χ1) is 8.33. The summed E-state index contributed by atoms with van der Waals surface area (Å²) in [6, 6.07) is 3.85. The minimum absolute atomic E-state index is 0.0123. The first kappa shape index (κ1) is 10.8. The van der Waals surface area contributed by atoms with Gasteiger partial charge in [0.25, 0.3) is 0 Å². The predicted octanol–water partition coefficient (Wildman–Crippen LogP) is 0.863. The van der Waals surface area contributed by atoms with Crippen LogP contribution >= 0.6 is 0 Å². The third-order valence-electron chi connectivity index (χ3n) is 3.39. The Morgan fingerprint density at radius 2 is 2.12 bits per heavy atom. The fraction of sp³-hybridized carbons (Fsp3) is 0.583. The Bertz CT molecular complexity index is 376. The van der Waals surface area contributed by atoms with E-state index in [9.17, 15) is 0 Å². The zero-order valence-electron chi connectivity index (χ0n) is 9.71. The third kappa shape index (κ3) is 2.21. The smallest absolute Gasteiger partial charge is 0.162 e. The van der Waals surface area contributed by atoms with Gasteiger partial charge >= 0.3 is 0 Å². The lowest BCUT2D eigenvalue weighted by Gasteiger charge is -2.20. The molecule has 1 atom stereocenters. The van der Waals surface area contributed by atoms with Crippen molar-refractivity contribution >= 4 is 11.5 Å². The Kier molecular flexibility index (Phi) is 2.86. The highest BCUT2D eigenvalue weighted by Gasteiger charge is 2.33. The molecule has 3 heterocycles. The van der Waals surface area contributed by atoms with Gasteiger partial charge in [0.05, 0.1) is 25.1 Å². The van der Waals surface area contributed by atoms with Gasteiger partial charge in [-0.2, -0.15) is 0 Å². The summed E-state index contributed by atoms with van der Waals surface area (Å²) in [6.45, 7) is 3.45. The summed E-state index contributed by atoms with van der Waals surface area (Å²) in [5, 5.41) is 0. The Hall–Kier alpha value is -1.33. The second-order valence-electron chi connectivity index (χ2n) is 4.55. The van der Waals surface area contributed by atoms with E-state index in [-0.39, 0.29) is 6.29 Å². The average Bonchev–Trinajstić information content (AvgIpc) is 3.00. The Morgan fingerprint density at radius 1 is 1.29 bits per heavy atom. The largest absolute Gasteiger partial charge is 0.384 e. The molecule has 2 fully saturated rings. The molecule has 17 heavy (non-hydrogen) atoms. The number of nitrogen functional groups attached to an aromatic ring is 1. The molecule has 5 nitrogen and oxygen atoms in total. The maximum Gasteiger partial charge on any atom is 0.162 e. The number of hydrogen-bond acceptors (Lipinski definition) is 5. The van der Waals surface area contributed by atoms with Crippen molar-refractivity contribution in [3.8, 4) is 0 Å². The quantitative estimate of drug-likeness (QED) is 0.824. The maximum atomic E-state index is 5.58. The summed E-state index contributed by atoms with van der Waals surface area (Å²) < 4.78 is 11.1. The van der Waals surface area contributed by atoms with Crippen LogP contribution in [-0.4, -0.2) is 37.6 Å². The van der Waals surface area contributed by atoms with Gasteiger partial charge in [-0.05, 0) is 18.6 Å². The zero-order chi connectivity index (χ0) is 11.7. The molecular weight excluding hydrogens is 218 g/mol. The fourth-order valence-electron chi connectivity index (χ4n) is 2.48. The molecule has 0 radical (unpaired) electrons. The molecule has 1 unspecified atom stereocenters. The molecule has 1 aromatic heterocycles. The Labute approximate surface area is 101 Å². The second kappa shape index (κ2) is 4.50. The molecule has 1 aromatic rings. The Morgan fingerprint density at radius 3 is 2.82 bits per heavy atom. The molecule has 0 aliphatic carbocycles. The first-order valence-corrected chi connectivity index (χ1v) is 6.02. The number of ether oxygens (including phenoxy) is 2. The molecule has 0 bridgehead atoms. The van der Waals surface area contributed by atoms with E-state index in [2.05, 4.69) is 9.88 Å². The van der Waals surface area contributed by atoms with Crippen LogP contribution in [0.15, 0.2) is 18.3 Å². The molecular formula is C12H17N3O2. The number of hydrogen-bond donors (Lipinski definition) is 1. The number of nitrogens with two attached hydrogens (primary N) is 1. The lowest BCUT2D eigenvalue weighted by atomic mass is 10.1. The molecule has 0 saturated carbocycles. The lowest BCUT2D eigenvalue weighted by molar-refractivity contribution is -0.0772. The minimum Gasteiger partial charge on any atom is -0.384 e. The van der Waals surface area contributed by atoms with Gasteiger partial charge in [0.2, 0.25) is 0 Å². The van der Waals surface area contributed by atoms with Gasteiger partial charge < -0.3 is 20.1 Å². The molecule has 92 valence electrons. The number of rotatable bonds is 2. The summed E-state index contributed by atoms with van der Waals surface area (Å²) in [4.78, 5) is 6.43. The van der Waals surface area contributed by atoms with Crippen molar-refractivity contribution in [1.82, 2.24) is 4.98 Å². The van der Waals surface area contributed by atoms with Crippen LogP contribution in [0.25, 0.3) is 0 Å². The van der Waals surface area contributed by atoms with E-state index in [1.54, 1.807) is 0 Å². The van der Waals surface area contributed by atoms with E-state index in [1.165, 1.54) is 0 Å². The highest BCUT2D eigenvalue weighted by Crippen LogP contribution is 2.28. The van der Waals surface area contributed by atoms with Crippen molar-refractivity contribution in [2.45, 2.75) is 12.7 Å². The number of pyridine rings is 1. The minimum atomic E-state index is -0.0123. The van der Waals surface area contributed by atoms with Gasteiger partial charge in [-0.3, -0.25) is 0 Å². The number of aromatic nitrogens is 1. The van der Waals surface area contributed by atoms with Gasteiger partial charge in [-0.1, -0.05) is 0 Å². The van der Waals surface area contributed by atoms with E-state index >= 15 is 0 Å². The summed E-state index contributed by atoms with van der Waals surface area (Å²) in [7, 11) is 0. The molecule has 0 amide bonds. The lowest BCUT2D eigenvalue weighted by Crippen LogP contribution is -2.26. The van der Waals surface area contributed by atoms with Crippen LogP contribution in [0, 0.1) is 5.92 Å². The SMILES string of the molecule is Nc1ccc(N2CCC(C3OCCO3)C2)cn1. The van der Waals surface area contributed by atoms with Gasteiger partial charge in [0.15, 0.2) is 6.29 Å². The molecule has 5 heteroatoms. The first-order valence-electron chi connectivity index (χ1n) is 6.02. The van der Waals surface area contributed by atoms with Crippen molar-refractivity contribution in [1.29, 1.82) is 0 Å². The van der Waals surface area contributed by atoms with Crippen molar-refractivity contribution < 1.29 is 9.47 Å². The van der Waals surface area contributed by atoms with Crippen molar-refractivity contribution in [3.05, 3.63) is 18.3 Å². The predicted molar refractivity (Wildman–Crippen MR) is 64.7 cm³/mol. The van der Waals surface area contributed by atoms with E-state index in [4.69, 9.17) is 15.2 Å². The van der Waals surface area contributed by atoms with Crippen molar-refractivity contribution in [2.75, 3.05) is 36.9 Å². The molecule has 0 aromatic carbocycles. The van der Waals surface area contributed by atoms with E-state index in [0.29, 0.717) is 11.7 Å². The standard InChI is InChI=1S/C12H17N3O2/c13-11-2-1-10(7-14-11)15-4-3-9(8-15)12-16-5-6-17-12/h1-2,7,9,12H,3-6,8H2,(H2,13,14). The summed E-state index contributed by atoms with van der Waals surface area (Å²) in [5.41, 5.74) is 6.71. The summed E-state index contributed by atoms with van der Waals surface area (Å²) in [6.07, 6.45) is 2.92. The zero-order valence-corrected chi connectivity index (χ0v) is 9.71. The van der Waals surface area contributed by atoms with Crippen molar-refractivity contribution in [2.24, 2.45) is 5.92 Å². The van der Waals surface area contributed by atoms with E-state index in [1.807, 2.05) is 18.3 Å². The van der Waals surface area contributed by atoms with Gasteiger partial charge in [0.1, 0.15) is 5.82 Å². The highest BCUT2D eigenvalue weighted by molar-refractivity contribution is 5.48. The molecule has 0 spiro atoms. The number of anilines is 2. The molecule has 3 rings (SSSR count). The van der Waals surface area contributed by atoms with Crippen LogP contribution in [0.1, 0.15) is 6.42 Å². The molecule has 2 saturated heterocycles. The summed E-state index contributed by atoms with van der Waals surface area (Å²) >= 11 is 0. The number of nitrogens with zero attached hydrogens (tertiary/aromatic N) is 2. The van der Waals surface area contributed by atoms with Crippen LogP contribution in [0.3, 0.4) is 0 Å². The molecule has 2 aliphatic heterocycles. The van der Waals surface area contributed by atoms with Gasteiger partial charge in [-0.15, -0.1) is 0 Å². The second-order valence-corrected chi connectivity index (χ2v) is 4.55. The van der Waals surface area contributed by atoms with Crippen molar-refractivity contribution in [3.63, 3.8) is 0 Å². The summed E-state index contributed by atoms with van der Waals surface area (Å²) in [5.74, 6) is 1.03. The van der Waals surface area contributed by atoms with Crippen LogP contribution < -0.4 is 10.6 Å². The Balaban J connectivity index is 1.65. The van der Waals surface area contributed by atoms with E-state index < -0.39 is 0 Å². The van der Waals surface area contributed by atoms with Gasteiger partial charge in [-0.25, -0.2) is 4.98 Å². The van der Waals surface area contributed by atoms with Crippen LogP contribution in [0.4, 0.5) is 11.5 Å². The topological polar surface area (TPSA) is 60.6 Å². The van der Waals surface area contributed by atoms with Crippen LogP contribution in [0.2, 0.25) is 0 Å². The monoisotopic (exact) mass is 235 g/mol. The highest BCUT2D eigenvalue weighted by atomic mass is 16.7. The molecule has 2 aliphatic rings. The molecule has 2 N–H and O–H groups in total. The van der Waals surface area contributed by atoms with Crippen LogP contribution in [-0.2, 0) is 9.47 Å². The average molecular weight is 235 g/mol.